The van der Waals surface area contributed by atoms with Crippen LogP contribution in [0.4, 0.5) is 8.78 Å². The van der Waals surface area contributed by atoms with Gasteiger partial charge >= 0.3 is 7.69 Å². The molecule has 0 amide bonds. The Balaban J connectivity index is 0.000000583. The molecule has 0 heterocycles. The molecule has 0 radical (unpaired) electrons. The minimum Gasteiger partial charge on any atom is -0.497 e. The summed E-state index contributed by atoms with van der Waals surface area (Å²) >= 11 is 0. The largest absolute Gasteiger partial charge is 0.497 e. The Morgan fingerprint density at radius 1 is 1.13 bits per heavy atom. The summed E-state index contributed by atoms with van der Waals surface area (Å²) in [7, 11) is 1.88. The highest BCUT2D eigenvalue weighted by molar-refractivity contribution is 6.13. The van der Waals surface area contributed by atoms with E-state index in [2.05, 4.69) is 4.74 Å². The van der Waals surface area contributed by atoms with Gasteiger partial charge in [0.05, 0.1) is 14.2 Å². The molecule has 84 valence electrons. The molecular formula is C8H11BF2O4. The smallest absolute Gasteiger partial charge is 0.432 e. The predicted molar refractivity (Wildman–Crippen MR) is 51.0 cm³/mol. The molecule has 2 N–H and O–H groups in total. The lowest BCUT2D eigenvalue weighted by Gasteiger charge is -2.05. The highest BCUT2D eigenvalue weighted by Crippen LogP contribution is 2.25. The number of methoxy groups -OCH3 is 2. The Morgan fingerprint density at radius 2 is 1.67 bits per heavy atom. The predicted octanol–water partition coefficient (Wildman–Crippen LogP) is 0.219. The van der Waals surface area contributed by atoms with Crippen molar-refractivity contribution in [2.24, 2.45) is 0 Å². The molecule has 0 bridgehead atoms. The molecule has 0 aliphatic carbocycles. The number of rotatable bonds is 2. The molecule has 0 atom stereocenters. The zero-order valence-electron chi connectivity index (χ0n) is 8.33. The van der Waals surface area contributed by atoms with Crippen molar-refractivity contribution in [3.05, 3.63) is 23.8 Å². The number of ether oxygens (including phenoxy) is 2. The van der Waals surface area contributed by atoms with Crippen molar-refractivity contribution >= 4 is 7.69 Å². The average Bonchev–Trinajstić information content (AvgIpc) is 2.23. The molecule has 0 unspecified atom stereocenters. The standard InChI is InChI=1S/C8H8F2O2.BH3O2/c1-11-5-3-6(9)8(10)7(4-5)12-2;2-1-3/h3-4H,1-2H3;1-3H. The molecule has 15 heavy (non-hydrogen) atoms. The average molecular weight is 220 g/mol. The molecule has 0 spiro atoms. The van der Waals surface area contributed by atoms with Crippen LogP contribution in [0.2, 0.25) is 0 Å². The van der Waals surface area contributed by atoms with Crippen molar-refractivity contribution in [2.75, 3.05) is 14.2 Å². The van der Waals surface area contributed by atoms with Crippen LogP contribution in [0.1, 0.15) is 0 Å². The van der Waals surface area contributed by atoms with Crippen LogP contribution in [0.15, 0.2) is 12.1 Å². The molecule has 7 heteroatoms. The fourth-order valence-electron chi connectivity index (χ4n) is 0.807. The summed E-state index contributed by atoms with van der Waals surface area (Å²) in [5, 5.41) is 14.2. The first-order chi connectivity index (χ1) is 7.10. The molecule has 0 aliphatic rings. The summed E-state index contributed by atoms with van der Waals surface area (Å²) in [5.41, 5.74) is 0. The van der Waals surface area contributed by atoms with Crippen molar-refractivity contribution < 1.29 is 28.3 Å². The Kier molecular flexibility index (Phi) is 6.40. The topological polar surface area (TPSA) is 58.9 Å². The number of hydrogen-bond donors (Lipinski definition) is 2. The Labute approximate surface area is 86.4 Å². The molecule has 0 saturated carbocycles. The lowest BCUT2D eigenvalue weighted by atomic mass is 10.3. The van der Waals surface area contributed by atoms with Crippen LogP contribution in [0.25, 0.3) is 0 Å². The van der Waals surface area contributed by atoms with Gasteiger partial charge in [0.25, 0.3) is 0 Å². The van der Waals surface area contributed by atoms with Gasteiger partial charge in [0, 0.05) is 12.1 Å². The normalized spacial score (nSPS) is 8.67. The van der Waals surface area contributed by atoms with Crippen LogP contribution >= 0.6 is 0 Å². The van der Waals surface area contributed by atoms with Gasteiger partial charge in [-0.25, -0.2) is 4.39 Å². The Morgan fingerprint density at radius 3 is 2.07 bits per heavy atom. The zero-order valence-corrected chi connectivity index (χ0v) is 8.33. The van der Waals surface area contributed by atoms with Crippen molar-refractivity contribution in [2.45, 2.75) is 0 Å². The van der Waals surface area contributed by atoms with Gasteiger partial charge in [-0.05, 0) is 0 Å². The van der Waals surface area contributed by atoms with Crippen molar-refractivity contribution in [3.8, 4) is 11.5 Å². The summed E-state index contributed by atoms with van der Waals surface area (Å²) in [4.78, 5) is 0. The van der Waals surface area contributed by atoms with Gasteiger partial charge in [0.15, 0.2) is 11.6 Å². The minimum atomic E-state index is -1.00. The molecule has 1 aromatic rings. The maximum atomic E-state index is 12.8. The third-order valence-corrected chi connectivity index (χ3v) is 1.42. The van der Waals surface area contributed by atoms with Crippen LogP contribution in [-0.4, -0.2) is 32.0 Å². The molecule has 1 rings (SSSR count). The van der Waals surface area contributed by atoms with Crippen LogP contribution in [0.3, 0.4) is 0 Å². The summed E-state index contributed by atoms with van der Waals surface area (Å²) in [6, 6.07) is 2.23. The van der Waals surface area contributed by atoms with Gasteiger partial charge in [0.1, 0.15) is 5.75 Å². The van der Waals surface area contributed by atoms with Gasteiger partial charge in [-0.2, -0.15) is 4.39 Å². The first-order valence-corrected chi connectivity index (χ1v) is 3.89. The van der Waals surface area contributed by atoms with E-state index < -0.39 is 19.3 Å². The van der Waals surface area contributed by atoms with E-state index in [1.54, 1.807) is 0 Å². The molecular weight excluding hydrogens is 209 g/mol. The van der Waals surface area contributed by atoms with E-state index in [1.165, 1.54) is 20.3 Å². The van der Waals surface area contributed by atoms with Gasteiger partial charge in [-0.1, -0.05) is 0 Å². The summed E-state index contributed by atoms with van der Waals surface area (Å²) < 4.78 is 34.7. The second-order valence-electron chi connectivity index (χ2n) is 2.27. The second kappa shape index (κ2) is 7.02. The van der Waals surface area contributed by atoms with Crippen LogP contribution in [0.5, 0.6) is 11.5 Å². The van der Waals surface area contributed by atoms with Crippen molar-refractivity contribution in [3.63, 3.8) is 0 Å². The summed E-state index contributed by atoms with van der Waals surface area (Å²) in [6.07, 6.45) is 0. The van der Waals surface area contributed by atoms with E-state index in [1.807, 2.05) is 0 Å². The zero-order chi connectivity index (χ0) is 11.8. The van der Waals surface area contributed by atoms with Crippen molar-refractivity contribution in [1.29, 1.82) is 0 Å². The number of hydrogen-bond acceptors (Lipinski definition) is 4. The highest BCUT2D eigenvalue weighted by atomic mass is 19.2. The third-order valence-electron chi connectivity index (χ3n) is 1.42. The lowest BCUT2D eigenvalue weighted by Crippen LogP contribution is -1.93. The third kappa shape index (κ3) is 4.13. The minimum absolute atomic E-state index is 0.160. The van der Waals surface area contributed by atoms with Gasteiger partial charge in [-0.15, -0.1) is 0 Å². The van der Waals surface area contributed by atoms with E-state index in [9.17, 15) is 8.78 Å². The fraction of sp³-hybridized carbons (Fsp3) is 0.250. The Bertz CT molecular complexity index is 309. The monoisotopic (exact) mass is 220 g/mol. The Hall–Kier alpha value is -1.34. The summed E-state index contributed by atoms with van der Waals surface area (Å²) in [5.74, 6) is -1.91. The molecule has 0 fully saturated rings. The van der Waals surface area contributed by atoms with E-state index in [-0.39, 0.29) is 11.5 Å². The van der Waals surface area contributed by atoms with E-state index >= 15 is 0 Å². The maximum absolute atomic E-state index is 12.8. The van der Waals surface area contributed by atoms with Crippen LogP contribution in [-0.2, 0) is 0 Å². The first-order valence-electron chi connectivity index (χ1n) is 3.89. The van der Waals surface area contributed by atoms with Crippen molar-refractivity contribution in [1.82, 2.24) is 0 Å². The highest BCUT2D eigenvalue weighted by Gasteiger charge is 2.10. The SMILES string of the molecule is COc1cc(F)c(F)c(OC)c1.OBO. The molecule has 0 aliphatic heterocycles. The fourth-order valence-corrected chi connectivity index (χ4v) is 0.807. The van der Waals surface area contributed by atoms with E-state index in [0.717, 1.165) is 6.07 Å². The summed E-state index contributed by atoms with van der Waals surface area (Å²) in [6.45, 7) is 0. The van der Waals surface area contributed by atoms with Gasteiger partial charge in [0.2, 0.25) is 5.82 Å². The number of benzene rings is 1. The maximum Gasteiger partial charge on any atom is 0.432 e. The van der Waals surface area contributed by atoms with Gasteiger partial charge in [-0.3, -0.25) is 0 Å². The second-order valence-corrected chi connectivity index (χ2v) is 2.27. The molecule has 1 aromatic carbocycles. The van der Waals surface area contributed by atoms with Crippen LogP contribution in [0, 0.1) is 11.6 Å². The van der Waals surface area contributed by atoms with Gasteiger partial charge < -0.3 is 19.5 Å². The van der Waals surface area contributed by atoms with E-state index in [0.29, 0.717) is 0 Å². The molecule has 0 aromatic heterocycles. The first kappa shape index (κ1) is 13.7. The van der Waals surface area contributed by atoms with Crippen LogP contribution < -0.4 is 9.47 Å². The molecule has 0 saturated heterocycles. The lowest BCUT2D eigenvalue weighted by molar-refractivity contribution is 0.358. The number of halogens is 2. The quantitative estimate of drug-likeness (QED) is 0.700. The van der Waals surface area contributed by atoms with E-state index in [4.69, 9.17) is 14.8 Å². The molecule has 4 nitrogen and oxygen atoms in total.